The van der Waals surface area contributed by atoms with Crippen LogP contribution in [0.5, 0.6) is 11.5 Å². The van der Waals surface area contributed by atoms with Gasteiger partial charge in [0.05, 0.1) is 33.5 Å². The summed E-state index contributed by atoms with van der Waals surface area (Å²) < 4.78 is 16.5. The van der Waals surface area contributed by atoms with Crippen LogP contribution in [0.15, 0.2) is 35.3 Å². The third-order valence-corrected chi connectivity index (χ3v) is 5.31. The van der Waals surface area contributed by atoms with E-state index in [1.807, 2.05) is 13.1 Å². The number of methoxy groups -OCH3 is 2. The van der Waals surface area contributed by atoms with Crippen LogP contribution in [0.25, 0.3) is 0 Å². The Kier molecular flexibility index (Phi) is 7.56. The van der Waals surface area contributed by atoms with Crippen LogP contribution in [0.3, 0.4) is 0 Å². The van der Waals surface area contributed by atoms with Crippen LogP contribution < -0.4 is 20.1 Å². The SMILES string of the molecule is CN=C(NCC(c1ccc(OC)c(OC)c1)N1CCOCC1)NC1CC=CC1. The number of hydrogen-bond acceptors (Lipinski definition) is 5. The van der Waals surface area contributed by atoms with Crippen molar-refractivity contribution >= 4 is 5.96 Å². The van der Waals surface area contributed by atoms with Gasteiger partial charge in [0.25, 0.3) is 0 Å². The zero-order chi connectivity index (χ0) is 19.8. The summed E-state index contributed by atoms with van der Waals surface area (Å²) in [6.07, 6.45) is 6.52. The molecule has 1 aromatic rings. The second kappa shape index (κ2) is 10.3. The molecule has 1 fully saturated rings. The third kappa shape index (κ3) is 5.17. The number of hydrogen-bond donors (Lipinski definition) is 2. The molecule has 0 amide bonds. The zero-order valence-electron chi connectivity index (χ0n) is 17.1. The molecular formula is C21H32N4O3. The average Bonchev–Trinajstić information content (AvgIpc) is 3.26. The Hall–Kier alpha value is -2.25. The normalized spacial score (nSPS) is 19.5. The topological polar surface area (TPSA) is 67.4 Å². The first-order chi connectivity index (χ1) is 13.7. The first kappa shape index (κ1) is 20.5. The summed E-state index contributed by atoms with van der Waals surface area (Å²) in [7, 11) is 5.15. The molecule has 1 aliphatic heterocycles. The Bertz CT molecular complexity index is 678. The lowest BCUT2D eigenvalue weighted by atomic mass is 10.0. The lowest BCUT2D eigenvalue weighted by Gasteiger charge is -2.35. The fourth-order valence-electron chi connectivity index (χ4n) is 3.72. The van der Waals surface area contributed by atoms with E-state index in [1.165, 1.54) is 5.56 Å². The predicted molar refractivity (Wildman–Crippen MR) is 111 cm³/mol. The third-order valence-electron chi connectivity index (χ3n) is 5.31. The molecular weight excluding hydrogens is 356 g/mol. The quantitative estimate of drug-likeness (QED) is 0.423. The van der Waals surface area contributed by atoms with Crippen LogP contribution in [0.4, 0.5) is 0 Å². The number of aliphatic imine (C=N–C) groups is 1. The van der Waals surface area contributed by atoms with Gasteiger partial charge >= 0.3 is 0 Å². The molecule has 28 heavy (non-hydrogen) atoms. The molecule has 1 atom stereocenters. The highest BCUT2D eigenvalue weighted by atomic mass is 16.5. The fraction of sp³-hybridized carbons (Fsp3) is 0.571. The lowest BCUT2D eigenvalue weighted by molar-refractivity contribution is 0.0169. The Balaban J connectivity index is 1.73. The molecule has 1 saturated heterocycles. The van der Waals surface area contributed by atoms with Crippen molar-refractivity contribution in [2.24, 2.45) is 4.99 Å². The van der Waals surface area contributed by atoms with E-state index >= 15 is 0 Å². The van der Waals surface area contributed by atoms with Gasteiger partial charge in [0, 0.05) is 32.7 Å². The Labute approximate surface area is 167 Å². The van der Waals surface area contributed by atoms with Gasteiger partial charge in [0.2, 0.25) is 0 Å². The van der Waals surface area contributed by atoms with Gasteiger partial charge in [-0.2, -0.15) is 0 Å². The summed E-state index contributed by atoms with van der Waals surface area (Å²) in [4.78, 5) is 6.85. The maximum absolute atomic E-state index is 5.55. The molecule has 0 bridgehead atoms. The van der Waals surface area contributed by atoms with Crippen molar-refractivity contribution in [2.75, 3.05) is 54.1 Å². The smallest absolute Gasteiger partial charge is 0.191 e. The summed E-state index contributed by atoms with van der Waals surface area (Å²) in [5.41, 5.74) is 1.19. The van der Waals surface area contributed by atoms with Crippen LogP contribution in [0, 0.1) is 0 Å². The highest BCUT2D eigenvalue weighted by molar-refractivity contribution is 5.80. The molecule has 1 unspecified atom stereocenters. The standard InChI is InChI=1S/C21H32N4O3/c1-22-21(24-17-6-4-5-7-17)23-15-18(25-10-12-28-13-11-25)16-8-9-19(26-2)20(14-16)27-3/h4-5,8-9,14,17-18H,6-7,10-13,15H2,1-3H3,(H2,22,23,24). The Morgan fingerprint density at radius 2 is 1.89 bits per heavy atom. The van der Waals surface area contributed by atoms with Gasteiger partial charge in [0.15, 0.2) is 17.5 Å². The van der Waals surface area contributed by atoms with E-state index in [0.29, 0.717) is 6.04 Å². The minimum absolute atomic E-state index is 0.184. The minimum Gasteiger partial charge on any atom is -0.493 e. The molecule has 1 aliphatic carbocycles. The van der Waals surface area contributed by atoms with Crippen LogP contribution in [-0.2, 0) is 4.74 Å². The molecule has 0 aromatic heterocycles. The van der Waals surface area contributed by atoms with Crippen molar-refractivity contribution < 1.29 is 14.2 Å². The van der Waals surface area contributed by atoms with Gasteiger partial charge in [-0.25, -0.2) is 0 Å². The molecule has 2 N–H and O–H groups in total. The van der Waals surface area contributed by atoms with E-state index in [-0.39, 0.29) is 6.04 Å². The zero-order valence-corrected chi connectivity index (χ0v) is 17.1. The largest absolute Gasteiger partial charge is 0.493 e. The Morgan fingerprint density at radius 1 is 1.18 bits per heavy atom. The molecule has 2 aliphatic rings. The van der Waals surface area contributed by atoms with Crippen LogP contribution >= 0.6 is 0 Å². The summed E-state index contributed by atoms with van der Waals surface area (Å²) in [6.45, 7) is 4.06. The van der Waals surface area contributed by atoms with Crippen molar-refractivity contribution in [3.8, 4) is 11.5 Å². The first-order valence-corrected chi connectivity index (χ1v) is 9.91. The maximum atomic E-state index is 5.55. The van der Waals surface area contributed by atoms with Gasteiger partial charge in [-0.1, -0.05) is 18.2 Å². The number of nitrogens with zero attached hydrogens (tertiary/aromatic N) is 2. The molecule has 0 saturated carbocycles. The average molecular weight is 389 g/mol. The molecule has 0 radical (unpaired) electrons. The van der Waals surface area contributed by atoms with E-state index in [4.69, 9.17) is 14.2 Å². The van der Waals surface area contributed by atoms with Gasteiger partial charge < -0.3 is 24.8 Å². The maximum Gasteiger partial charge on any atom is 0.191 e. The van der Waals surface area contributed by atoms with Crippen molar-refractivity contribution in [1.29, 1.82) is 0 Å². The van der Waals surface area contributed by atoms with Crippen LogP contribution in [0.2, 0.25) is 0 Å². The number of nitrogens with one attached hydrogen (secondary N) is 2. The Morgan fingerprint density at radius 3 is 2.54 bits per heavy atom. The number of ether oxygens (including phenoxy) is 3. The van der Waals surface area contributed by atoms with E-state index in [0.717, 1.165) is 63.1 Å². The first-order valence-electron chi connectivity index (χ1n) is 9.91. The number of rotatable bonds is 7. The molecule has 1 aromatic carbocycles. The second-order valence-electron chi connectivity index (χ2n) is 7.02. The van der Waals surface area contributed by atoms with E-state index in [9.17, 15) is 0 Å². The summed E-state index contributed by atoms with van der Waals surface area (Å²) in [5, 5.41) is 7.02. The number of guanidine groups is 1. The fourth-order valence-corrected chi connectivity index (χ4v) is 3.72. The van der Waals surface area contributed by atoms with E-state index in [2.05, 4.69) is 44.8 Å². The minimum atomic E-state index is 0.184. The van der Waals surface area contributed by atoms with E-state index < -0.39 is 0 Å². The summed E-state index contributed by atoms with van der Waals surface area (Å²) in [6, 6.07) is 6.76. The van der Waals surface area contributed by atoms with Crippen molar-refractivity contribution in [3.05, 3.63) is 35.9 Å². The summed E-state index contributed by atoms with van der Waals surface area (Å²) >= 11 is 0. The summed E-state index contributed by atoms with van der Waals surface area (Å²) in [5.74, 6) is 2.33. The second-order valence-corrected chi connectivity index (χ2v) is 7.02. The van der Waals surface area contributed by atoms with Gasteiger partial charge in [-0.05, 0) is 30.5 Å². The van der Waals surface area contributed by atoms with Crippen LogP contribution in [-0.4, -0.2) is 71.0 Å². The van der Waals surface area contributed by atoms with Gasteiger partial charge in [-0.3, -0.25) is 9.89 Å². The van der Waals surface area contributed by atoms with Gasteiger partial charge in [0.1, 0.15) is 0 Å². The van der Waals surface area contributed by atoms with E-state index in [1.54, 1.807) is 14.2 Å². The molecule has 154 valence electrons. The molecule has 0 spiro atoms. The number of benzene rings is 1. The van der Waals surface area contributed by atoms with Gasteiger partial charge in [-0.15, -0.1) is 0 Å². The highest BCUT2D eigenvalue weighted by Crippen LogP contribution is 2.32. The highest BCUT2D eigenvalue weighted by Gasteiger charge is 2.24. The number of morpholine rings is 1. The molecule has 1 heterocycles. The monoisotopic (exact) mass is 388 g/mol. The van der Waals surface area contributed by atoms with Crippen molar-refractivity contribution in [3.63, 3.8) is 0 Å². The predicted octanol–water partition coefficient (Wildman–Crippen LogP) is 1.96. The van der Waals surface area contributed by atoms with Crippen molar-refractivity contribution in [1.82, 2.24) is 15.5 Å². The molecule has 7 nitrogen and oxygen atoms in total. The van der Waals surface area contributed by atoms with Crippen LogP contribution in [0.1, 0.15) is 24.4 Å². The lowest BCUT2D eigenvalue weighted by Crippen LogP contribution is -2.48. The van der Waals surface area contributed by atoms with Crippen molar-refractivity contribution in [2.45, 2.75) is 24.9 Å². The molecule has 3 rings (SSSR count). The molecule has 7 heteroatoms.